The molecule has 2 heterocycles. The zero-order chi connectivity index (χ0) is 21.5. The second-order valence-electron chi connectivity index (χ2n) is 8.32. The van der Waals surface area contributed by atoms with Gasteiger partial charge in [0, 0.05) is 30.5 Å². The van der Waals surface area contributed by atoms with Gasteiger partial charge in [-0.15, -0.1) is 0 Å². The van der Waals surface area contributed by atoms with Gasteiger partial charge in [0.25, 0.3) is 0 Å². The van der Waals surface area contributed by atoms with Crippen LogP contribution in [-0.4, -0.2) is 55.2 Å². The molecule has 0 bridgehead atoms. The number of carbonyl (C=O) groups excluding carboxylic acids is 1. The minimum atomic E-state index is -0.209. The Kier molecular flexibility index (Phi) is 7.94. The molecule has 1 aliphatic heterocycles. The van der Waals surface area contributed by atoms with E-state index in [4.69, 9.17) is 9.72 Å². The third-order valence-corrected chi connectivity index (χ3v) is 5.55. The first-order valence-corrected chi connectivity index (χ1v) is 10.7. The number of hydrogen-bond acceptors (Lipinski definition) is 4. The minimum Gasteiger partial charge on any atom is -0.383 e. The molecule has 1 aliphatic rings. The van der Waals surface area contributed by atoms with Gasteiger partial charge in [0.15, 0.2) is 0 Å². The maximum atomic E-state index is 13.2. The fraction of sp³-hybridized carbons (Fsp3) is 0.500. The Morgan fingerprint density at radius 1 is 1.23 bits per heavy atom. The quantitative estimate of drug-likeness (QED) is 0.720. The van der Waals surface area contributed by atoms with Crippen LogP contribution in [0, 0.1) is 12.7 Å². The van der Waals surface area contributed by atoms with Crippen LogP contribution in [0.5, 0.6) is 0 Å². The molecule has 2 aromatic rings. The molecule has 1 atom stereocenters. The number of pyridine rings is 1. The lowest BCUT2D eigenvalue weighted by atomic mass is 9.91. The van der Waals surface area contributed by atoms with E-state index in [1.807, 2.05) is 26.0 Å². The van der Waals surface area contributed by atoms with E-state index in [0.29, 0.717) is 19.1 Å². The highest BCUT2D eigenvalue weighted by atomic mass is 19.1. The largest absolute Gasteiger partial charge is 0.383 e. The van der Waals surface area contributed by atoms with Gasteiger partial charge in [0.1, 0.15) is 5.82 Å². The van der Waals surface area contributed by atoms with Crippen molar-refractivity contribution in [3.05, 3.63) is 64.7 Å². The molecule has 0 radical (unpaired) electrons. The first kappa shape index (κ1) is 22.4. The van der Waals surface area contributed by atoms with Crippen molar-refractivity contribution < 1.29 is 13.9 Å². The number of carbonyl (C=O) groups is 1. The van der Waals surface area contributed by atoms with E-state index in [9.17, 15) is 9.18 Å². The Morgan fingerprint density at radius 3 is 2.60 bits per heavy atom. The maximum Gasteiger partial charge on any atom is 0.234 e. The van der Waals surface area contributed by atoms with E-state index in [-0.39, 0.29) is 17.8 Å². The SMILES string of the molecule is COCC(C)NC(=O)CN1CCC(c2cc(Cc3ccc(F)cc3)cc(C)n2)CC1. The Balaban J connectivity index is 1.55. The highest BCUT2D eigenvalue weighted by Gasteiger charge is 2.23. The van der Waals surface area contributed by atoms with Crippen molar-refractivity contribution in [2.45, 2.75) is 45.1 Å². The van der Waals surface area contributed by atoms with Crippen LogP contribution in [0.3, 0.4) is 0 Å². The van der Waals surface area contributed by atoms with Gasteiger partial charge in [-0.05, 0) is 81.6 Å². The van der Waals surface area contributed by atoms with Crippen LogP contribution in [0.25, 0.3) is 0 Å². The molecular weight excluding hydrogens is 381 g/mol. The van der Waals surface area contributed by atoms with Gasteiger partial charge < -0.3 is 10.1 Å². The lowest BCUT2D eigenvalue weighted by Crippen LogP contribution is -2.44. The summed E-state index contributed by atoms with van der Waals surface area (Å²) >= 11 is 0. The molecule has 1 amide bonds. The van der Waals surface area contributed by atoms with Gasteiger partial charge in [-0.2, -0.15) is 0 Å². The number of benzene rings is 1. The van der Waals surface area contributed by atoms with Crippen LogP contribution < -0.4 is 5.32 Å². The molecule has 1 N–H and O–H groups in total. The summed E-state index contributed by atoms with van der Waals surface area (Å²) in [6.45, 7) is 6.70. The lowest BCUT2D eigenvalue weighted by Gasteiger charge is -2.31. The second kappa shape index (κ2) is 10.6. The number of hydrogen-bond donors (Lipinski definition) is 1. The number of aryl methyl sites for hydroxylation is 1. The topological polar surface area (TPSA) is 54.5 Å². The fourth-order valence-electron chi connectivity index (χ4n) is 4.12. The Bertz CT molecular complexity index is 833. The number of amides is 1. The van der Waals surface area contributed by atoms with Crippen molar-refractivity contribution in [2.24, 2.45) is 0 Å². The number of aromatic nitrogens is 1. The lowest BCUT2D eigenvalue weighted by molar-refractivity contribution is -0.123. The van der Waals surface area contributed by atoms with Crippen molar-refractivity contribution in [1.29, 1.82) is 0 Å². The molecule has 3 rings (SSSR count). The maximum absolute atomic E-state index is 13.2. The van der Waals surface area contributed by atoms with Crippen LogP contribution >= 0.6 is 0 Å². The highest BCUT2D eigenvalue weighted by Crippen LogP contribution is 2.28. The van der Waals surface area contributed by atoms with Crippen LogP contribution in [0.1, 0.15) is 48.2 Å². The molecule has 0 aliphatic carbocycles. The molecule has 1 unspecified atom stereocenters. The van der Waals surface area contributed by atoms with Crippen molar-refractivity contribution in [2.75, 3.05) is 33.4 Å². The average Bonchev–Trinajstić information content (AvgIpc) is 2.70. The Labute approximate surface area is 178 Å². The third kappa shape index (κ3) is 6.61. The third-order valence-electron chi connectivity index (χ3n) is 5.55. The van der Waals surface area contributed by atoms with Gasteiger partial charge in [0.05, 0.1) is 13.2 Å². The molecule has 1 saturated heterocycles. The number of methoxy groups -OCH3 is 1. The number of nitrogens with zero attached hydrogens (tertiary/aromatic N) is 2. The molecule has 0 spiro atoms. The zero-order valence-corrected chi connectivity index (χ0v) is 18.2. The molecule has 5 nitrogen and oxygen atoms in total. The first-order chi connectivity index (χ1) is 14.4. The van der Waals surface area contributed by atoms with Crippen LogP contribution in [0.4, 0.5) is 4.39 Å². The van der Waals surface area contributed by atoms with Crippen LogP contribution in [0.2, 0.25) is 0 Å². The number of likely N-dealkylation sites (tertiary alicyclic amines) is 1. The summed E-state index contributed by atoms with van der Waals surface area (Å²) in [6, 6.07) is 11.0. The summed E-state index contributed by atoms with van der Waals surface area (Å²) in [5.74, 6) is 0.246. The van der Waals surface area contributed by atoms with Gasteiger partial charge in [-0.3, -0.25) is 14.7 Å². The summed E-state index contributed by atoms with van der Waals surface area (Å²) in [7, 11) is 1.64. The summed E-state index contributed by atoms with van der Waals surface area (Å²) in [4.78, 5) is 19.2. The van der Waals surface area contributed by atoms with Crippen molar-refractivity contribution in [3.8, 4) is 0 Å². The summed E-state index contributed by atoms with van der Waals surface area (Å²) in [5.41, 5.74) is 4.44. The molecule has 1 fully saturated rings. The van der Waals surface area contributed by atoms with E-state index in [2.05, 4.69) is 22.3 Å². The normalized spacial score (nSPS) is 16.4. The number of ether oxygens (including phenoxy) is 1. The summed E-state index contributed by atoms with van der Waals surface area (Å²) in [5, 5.41) is 2.97. The van der Waals surface area contributed by atoms with Gasteiger partial charge >= 0.3 is 0 Å². The smallest absolute Gasteiger partial charge is 0.234 e. The average molecular weight is 414 g/mol. The van der Waals surface area contributed by atoms with E-state index in [0.717, 1.165) is 49.3 Å². The first-order valence-electron chi connectivity index (χ1n) is 10.7. The number of nitrogens with one attached hydrogen (secondary N) is 1. The number of rotatable bonds is 8. The monoisotopic (exact) mass is 413 g/mol. The number of halogens is 1. The summed E-state index contributed by atoms with van der Waals surface area (Å²) in [6.07, 6.45) is 2.76. The molecule has 6 heteroatoms. The van der Waals surface area contributed by atoms with Gasteiger partial charge in [0.2, 0.25) is 5.91 Å². The van der Waals surface area contributed by atoms with E-state index in [1.165, 1.54) is 17.7 Å². The van der Waals surface area contributed by atoms with Crippen LogP contribution in [0.15, 0.2) is 36.4 Å². The van der Waals surface area contributed by atoms with E-state index < -0.39 is 0 Å². The molecule has 0 saturated carbocycles. The molecule has 1 aromatic heterocycles. The van der Waals surface area contributed by atoms with Gasteiger partial charge in [-0.1, -0.05) is 12.1 Å². The molecule has 1 aromatic carbocycles. The Hall–Kier alpha value is -2.31. The van der Waals surface area contributed by atoms with Gasteiger partial charge in [-0.25, -0.2) is 4.39 Å². The highest BCUT2D eigenvalue weighted by molar-refractivity contribution is 5.78. The number of piperidine rings is 1. The van der Waals surface area contributed by atoms with E-state index >= 15 is 0 Å². The van der Waals surface area contributed by atoms with Crippen molar-refractivity contribution >= 4 is 5.91 Å². The molecule has 162 valence electrons. The second-order valence-corrected chi connectivity index (χ2v) is 8.32. The fourth-order valence-corrected chi connectivity index (χ4v) is 4.12. The standard InChI is InChI=1S/C24H32FN3O2/c1-17-12-20(13-19-4-6-22(25)7-5-19)14-23(26-17)21-8-10-28(11-9-21)15-24(29)27-18(2)16-30-3/h4-7,12,14,18,21H,8-11,13,15-16H2,1-3H3,(H,27,29). The van der Waals surface area contributed by atoms with Crippen LogP contribution in [-0.2, 0) is 16.0 Å². The molecular formula is C24H32FN3O2. The summed E-state index contributed by atoms with van der Waals surface area (Å²) < 4.78 is 18.2. The zero-order valence-electron chi connectivity index (χ0n) is 18.2. The Morgan fingerprint density at radius 2 is 1.93 bits per heavy atom. The predicted octanol–water partition coefficient (Wildman–Crippen LogP) is 3.45. The van der Waals surface area contributed by atoms with E-state index in [1.54, 1.807) is 7.11 Å². The minimum absolute atomic E-state index is 0.0241. The predicted molar refractivity (Wildman–Crippen MR) is 116 cm³/mol. The van der Waals surface area contributed by atoms with Crippen molar-refractivity contribution in [3.63, 3.8) is 0 Å². The molecule has 30 heavy (non-hydrogen) atoms. The van der Waals surface area contributed by atoms with Crippen molar-refractivity contribution in [1.82, 2.24) is 15.2 Å².